The Hall–Kier alpha value is -2.08. The molecule has 0 unspecified atom stereocenters. The number of ketones is 1. The molecular weight excluding hydrogens is 346 g/mol. The molecule has 1 N–H and O–H groups in total. The molecule has 138 valence electrons. The minimum Gasteiger partial charge on any atom is -0.301 e. The van der Waals surface area contributed by atoms with E-state index in [1.807, 2.05) is 12.1 Å². The van der Waals surface area contributed by atoms with Crippen LogP contribution in [0.5, 0.6) is 0 Å². The van der Waals surface area contributed by atoms with Crippen LogP contribution in [0.15, 0.2) is 18.2 Å². The molecule has 0 atom stereocenters. The number of carbonyl (C=O) groups excluding carboxylic acids is 2. The zero-order chi connectivity index (χ0) is 18.5. The SMILES string of the molecule is CC(C)Cc1nnc(NC(=O)CCC(=O)c2ccc3c(c2)CCCC3)s1. The topological polar surface area (TPSA) is 72.0 Å². The van der Waals surface area contributed by atoms with E-state index in [1.54, 1.807) is 0 Å². The number of nitrogens with zero attached hydrogens (tertiary/aromatic N) is 2. The van der Waals surface area contributed by atoms with Crippen LogP contribution in [0, 0.1) is 5.92 Å². The normalized spacial score (nSPS) is 13.5. The number of nitrogens with one attached hydrogen (secondary N) is 1. The summed E-state index contributed by atoms with van der Waals surface area (Å²) in [5.74, 6) is 0.329. The molecule has 3 rings (SSSR count). The number of Topliss-reactive ketones (excluding diaryl/α,β-unsaturated/α-hetero) is 1. The fraction of sp³-hybridized carbons (Fsp3) is 0.500. The first-order chi connectivity index (χ1) is 12.5. The van der Waals surface area contributed by atoms with Gasteiger partial charge in [-0.3, -0.25) is 9.59 Å². The molecule has 1 aromatic heterocycles. The van der Waals surface area contributed by atoms with Crippen LogP contribution in [0.3, 0.4) is 0 Å². The second kappa shape index (κ2) is 8.54. The third-order valence-corrected chi connectivity index (χ3v) is 5.41. The van der Waals surface area contributed by atoms with Crippen molar-refractivity contribution in [2.45, 2.75) is 58.8 Å². The Balaban J connectivity index is 1.51. The summed E-state index contributed by atoms with van der Waals surface area (Å²) in [7, 11) is 0. The molecule has 0 aliphatic heterocycles. The van der Waals surface area contributed by atoms with Gasteiger partial charge in [0.1, 0.15) is 5.01 Å². The minimum absolute atomic E-state index is 0.0197. The Bertz CT molecular complexity index is 798. The summed E-state index contributed by atoms with van der Waals surface area (Å²) < 4.78 is 0. The molecule has 0 bridgehead atoms. The van der Waals surface area contributed by atoms with Crippen molar-refractivity contribution in [1.82, 2.24) is 10.2 Å². The number of amides is 1. The summed E-state index contributed by atoms with van der Waals surface area (Å²) in [4.78, 5) is 24.5. The minimum atomic E-state index is -0.191. The maximum Gasteiger partial charge on any atom is 0.226 e. The van der Waals surface area contributed by atoms with Gasteiger partial charge in [0.05, 0.1) is 0 Å². The molecule has 1 heterocycles. The Morgan fingerprint density at radius 3 is 2.65 bits per heavy atom. The van der Waals surface area contributed by atoms with Crippen molar-refractivity contribution in [3.8, 4) is 0 Å². The average Bonchev–Trinajstić information content (AvgIpc) is 3.05. The largest absolute Gasteiger partial charge is 0.301 e. The van der Waals surface area contributed by atoms with Crippen molar-refractivity contribution >= 4 is 28.2 Å². The number of anilines is 1. The summed E-state index contributed by atoms with van der Waals surface area (Å²) in [6, 6.07) is 5.98. The summed E-state index contributed by atoms with van der Waals surface area (Å²) in [6.45, 7) is 4.23. The molecule has 0 spiro atoms. The number of fused-ring (bicyclic) bond motifs is 1. The lowest BCUT2D eigenvalue weighted by Crippen LogP contribution is -2.14. The van der Waals surface area contributed by atoms with Gasteiger partial charge in [0, 0.05) is 24.8 Å². The fourth-order valence-corrected chi connectivity index (χ4v) is 4.16. The van der Waals surface area contributed by atoms with Gasteiger partial charge in [0.15, 0.2) is 5.78 Å². The third kappa shape index (κ3) is 4.97. The zero-order valence-corrected chi connectivity index (χ0v) is 16.2. The summed E-state index contributed by atoms with van der Waals surface area (Å²) in [5, 5.41) is 12.2. The molecular formula is C20H25N3O2S. The smallest absolute Gasteiger partial charge is 0.226 e. The van der Waals surface area contributed by atoms with E-state index in [4.69, 9.17) is 0 Å². The van der Waals surface area contributed by atoms with Crippen LogP contribution in [-0.4, -0.2) is 21.9 Å². The second-order valence-electron chi connectivity index (χ2n) is 7.26. The number of aromatic nitrogens is 2. The van der Waals surface area contributed by atoms with Crippen LogP contribution < -0.4 is 5.32 Å². The van der Waals surface area contributed by atoms with Crippen LogP contribution in [0.1, 0.15) is 66.0 Å². The van der Waals surface area contributed by atoms with Crippen LogP contribution in [0.25, 0.3) is 0 Å². The third-order valence-electron chi connectivity index (χ3n) is 4.55. The molecule has 0 fully saturated rings. The lowest BCUT2D eigenvalue weighted by molar-refractivity contribution is -0.116. The van der Waals surface area contributed by atoms with Gasteiger partial charge >= 0.3 is 0 Å². The van der Waals surface area contributed by atoms with Crippen molar-refractivity contribution in [2.24, 2.45) is 5.92 Å². The van der Waals surface area contributed by atoms with E-state index in [0.717, 1.165) is 24.3 Å². The number of hydrogen-bond acceptors (Lipinski definition) is 5. The monoisotopic (exact) mass is 371 g/mol. The number of rotatable bonds is 7. The molecule has 6 heteroatoms. The quantitative estimate of drug-likeness (QED) is 0.740. The highest BCUT2D eigenvalue weighted by Gasteiger charge is 2.15. The highest BCUT2D eigenvalue weighted by molar-refractivity contribution is 7.15. The van der Waals surface area contributed by atoms with Crippen molar-refractivity contribution in [3.05, 3.63) is 39.9 Å². The number of carbonyl (C=O) groups is 2. The van der Waals surface area contributed by atoms with Gasteiger partial charge in [-0.2, -0.15) is 0 Å². The first kappa shape index (κ1) is 18.7. The van der Waals surface area contributed by atoms with Gasteiger partial charge < -0.3 is 5.32 Å². The fourth-order valence-electron chi connectivity index (χ4n) is 3.20. The van der Waals surface area contributed by atoms with E-state index in [0.29, 0.717) is 16.6 Å². The molecule has 1 aliphatic rings. The van der Waals surface area contributed by atoms with Crippen molar-refractivity contribution in [3.63, 3.8) is 0 Å². The first-order valence-corrected chi connectivity index (χ1v) is 10.1. The van der Waals surface area contributed by atoms with E-state index in [-0.39, 0.29) is 24.5 Å². The van der Waals surface area contributed by atoms with E-state index in [9.17, 15) is 9.59 Å². The first-order valence-electron chi connectivity index (χ1n) is 9.28. The van der Waals surface area contributed by atoms with E-state index >= 15 is 0 Å². The Labute approximate surface area is 158 Å². The van der Waals surface area contributed by atoms with Crippen LogP contribution in [-0.2, 0) is 24.1 Å². The highest BCUT2D eigenvalue weighted by atomic mass is 32.1. The Morgan fingerprint density at radius 1 is 1.12 bits per heavy atom. The molecule has 1 aromatic carbocycles. The van der Waals surface area contributed by atoms with Gasteiger partial charge in [-0.15, -0.1) is 10.2 Å². The maximum absolute atomic E-state index is 12.4. The van der Waals surface area contributed by atoms with Crippen molar-refractivity contribution in [2.75, 3.05) is 5.32 Å². The van der Waals surface area contributed by atoms with E-state index in [1.165, 1.54) is 35.3 Å². The predicted molar refractivity (Wildman–Crippen MR) is 104 cm³/mol. The van der Waals surface area contributed by atoms with Gasteiger partial charge in [0.2, 0.25) is 11.0 Å². The molecule has 0 saturated carbocycles. The van der Waals surface area contributed by atoms with Crippen molar-refractivity contribution < 1.29 is 9.59 Å². The van der Waals surface area contributed by atoms with E-state index in [2.05, 4.69) is 35.4 Å². The lowest BCUT2D eigenvalue weighted by Gasteiger charge is -2.16. The molecule has 2 aromatic rings. The van der Waals surface area contributed by atoms with E-state index < -0.39 is 0 Å². The zero-order valence-electron chi connectivity index (χ0n) is 15.4. The van der Waals surface area contributed by atoms with Crippen LogP contribution in [0.4, 0.5) is 5.13 Å². The maximum atomic E-state index is 12.4. The Kier molecular flexibility index (Phi) is 6.14. The summed E-state index contributed by atoms with van der Waals surface area (Å²) in [5.41, 5.74) is 3.37. The van der Waals surface area contributed by atoms with Gasteiger partial charge in [-0.25, -0.2) is 0 Å². The van der Waals surface area contributed by atoms with Gasteiger partial charge in [0.25, 0.3) is 0 Å². The predicted octanol–water partition coefficient (Wildman–Crippen LogP) is 4.22. The van der Waals surface area contributed by atoms with Crippen LogP contribution in [0.2, 0.25) is 0 Å². The second-order valence-corrected chi connectivity index (χ2v) is 8.32. The number of hydrogen-bond donors (Lipinski definition) is 1. The molecule has 0 radical (unpaired) electrons. The molecule has 0 saturated heterocycles. The molecule has 5 nitrogen and oxygen atoms in total. The number of benzene rings is 1. The average molecular weight is 372 g/mol. The molecule has 26 heavy (non-hydrogen) atoms. The van der Waals surface area contributed by atoms with Gasteiger partial charge in [-0.1, -0.05) is 37.3 Å². The highest BCUT2D eigenvalue weighted by Crippen LogP contribution is 2.23. The summed E-state index contributed by atoms with van der Waals surface area (Å²) in [6.07, 6.45) is 5.79. The number of aryl methyl sites for hydroxylation is 2. The van der Waals surface area contributed by atoms with Gasteiger partial charge in [-0.05, 0) is 48.8 Å². The van der Waals surface area contributed by atoms with Crippen molar-refractivity contribution in [1.29, 1.82) is 0 Å². The standard InChI is InChI=1S/C20H25N3O2S/c1-13(2)11-19-22-23-20(26-19)21-18(25)10-9-17(24)16-8-7-14-5-3-4-6-15(14)12-16/h7-8,12-13H,3-6,9-11H2,1-2H3,(H,21,23,25). The molecule has 1 amide bonds. The van der Waals surface area contributed by atoms with Crippen LogP contribution >= 0.6 is 11.3 Å². The Morgan fingerprint density at radius 2 is 1.88 bits per heavy atom. The molecule has 1 aliphatic carbocycles. The summed E-state index contributed by atoms with van der Waals surface area (Å²) >= 11 is 1.40. The lowest BCUT2D eigenvalue weighted by atomic mass is 9.89.